The van der Waals surface area contributed by atoms with Crippen LogP contribution in [-0.4, -0.2) is 43.5 Å². The van der Waals surface area contributed by atoms with Crippen molar-refractivity contribution >= 4 is 16.9 Å². The fourth-order valence-corrected chi connectivity index (χ4v) is 4.57. The van der Waals surface area contributed by atoms with Crippen molar-refractivity contribution in [1.29, 1.82) is 0 Å². The zero-order chi connectivity index (χ0) is 23.5. The second kappa shape index (κ2) is 7.65. The molecule has 5 rings (SSSR count). The van der Waals surface area contributed by atoms with Crippen LogP contribution in [-0.2, 0) is 34.8 Å². The number of rotatable bonds is 5. The van der Waals surface area contributed by atoms with E-state index in [2.05, 4.69) is 5.32 Å². The maximum absolute atomic E-state index is 13.2. The van der Waals surface area contributed by atoms with Gasteiger partial charge in [-0.05, 0) is 31.5 Å². The van der Waals surface area contributed by atoms with Crippen LogP contribution in [0, 0.1) is 0 Å². The molecule has 0 spiro atoms. The lowest BCUT2D eigenvalue weighted by molar-refractivity contribution is -0.172. The number of hydrogen-bond acceptors (Lipinski definition) is 8. The van der Waals surface area contributed by atoms with Gasteiger partial charge in [-0.15, -0.1) is 0 Å². The average molecular weight is 451 g/mol. The topological polar surface area (TPSA) is 134 Å². The Morgan fingerprint density at radius 1 is 1.30 bits per heavy atom. The number of ether oxygens (including phenoxy) is 1. The SMILES string of the molecule is CC[C@@]1(O)C(=O)OCc2c1cc1n(c2=O)Cc2cc3c(O)c(CNC(C)CO)ccc3nc2-1. The molecule has 9 heteroatoms. The predicted molar refractivity (Wildman–Crippen MR) is 120 cm³/mol. The first kappa shape index (κ1) is 21.6. The van der Waals surface area contributed by atoms with Crippen LogP contribution in [0.1, 0.15) is 42.5 Å². The molecule has 2 aliphatic heterocycles. The molecule has 1 unspecified atom stereocenters. The van der Waals surface area contributed by atoms with Gasteiger partial charge in [-0.2, -0.15) is 0 Å². The molecule has 2 aliphatic rings. The number of aliphatic hydroxyl groups excluding tert-OH is 1. The van der Waals surface area contributed by atoms with Gasteiger partial charge in [0.25, 0.3) is 5.56 Å². The molecular formula is C24H25N3O6. The fraction of sp³-hybridized carbons (Fsp3) is 0.375. The third kappa shape index (κ3) is 3.15. The van der Waals surface area contributed by atoms with Gasteiger partial charge in [0.15, 0.2) is 5.60 Å². The van der Waals surface area contributed by atoms with E-state index in [4.69, 9.17) is 9.72 Å². The number of nitrogens with zero attached hydrogens (tertiary/aromatic N) is 2. The minimum absolute atomic E-state index is 0.00973. The van der Waals surface area contributed by atoms with Gasteiger partial charge in [-0.1, -0.05) is 13.0 Å². The average Bonchev–Trinajstić information content (AvgIpc) is 3.18. The minimum atomic E-state index is -1.87. The highest BCUT2D eigenvalue weighted by Gasteiger charge is 2.45. The van der Waals surface area contributed by atoms with Crippen molar-refractivity contribution in [2.24, 2.45) is 0 Å². The lowest BCUT2D eigenvalue weighted by atomic mass is 9.86. The molecule has 3 aromatic rings. The lowest BCUT2D eigenvalue weighted by Crippen LogP contribution is -2.44. The van der Waals surface area contributed by atoms with Gasteiger partial charge < -0.3 is 29.9 Å². The number of esters is 1. The number of aromatic nitrogens is 2. The molecule has 0 amide bonds. The molecule has 1 aromatic carbocycles. The number of nitrogens with one attached hydrogen (secondary N) is 1. The summed E-state index contributed by atoms with van der Waals surface area (Å²) in [6, 6.07) is 6.96. The first-order chi connectivity index (χ1) is 15.8. The summed E-state index contributed by atoms with van der Waals surface area (Å²) in [5.41, 5.74) is 1.47. The van der Waals surface area contributed by atoms with Crippen LogP contribution in [0.15, 0.2) is 29.1 Å². The van der Waals surface area contributed by atoms with Gasteiger partial charge >= 0.3 is 5.97 Å². The van der Waals surface area contributed by atoms with Gasteiger partial charge in [-0.3, -0.25) is 4.79 Å². The van der Waals surface area contributed by atoms with Gasteiger partial charge in [0.05, 0.1) is 35.6 Å². The van der Waals surface area contributed by atoms with Crippen molar-refractivity contribution in [3.63, 3.8) is 0 Å². The van der Waals surface area contributed by atoms with E-state index in [0.717, 1.165) is 5.56 Å². The number of carbonyl (C=O) groups is 1. The van der Waals surface area contributed by atoms with E-state index in [-0.39, 0.29) is 54.7 Å². The van der Waals surface area contributed by atoms with E-state index in [1.54, 1.807) is 29.7 Å². The van der Waals surface area contributed by atoms with E-state index in [0.29, 0.717) is 34.4 Å². The van der Waals surface area contributed by atoms with Crippen LogP contribution in [0.3, 0.4) is 0 Å². The molecule has 2 atom stereocenters. The maximum Gasteiger partial charge on any atom is 0.343 e. The molecule has 4 heterocycles. The summed E-state index contributed by atoms with van der Waals surface area (Å²) in [7, 11) is 0. The molecule has 2 aromatic heterocycles. The summed E-state index contributed by atoms with van der Waals surface area (Å²) in [5.74, 6) is -0.657. The fourth-order valence-electron chi connectivity index (χ4n) is 4.57. The van der Waals surface area contributed by atoms with Crippen LogP contribution in [0.2, 0.25) is 0 Å². The Kier molecular flexibility index (Phi) is 5.00. The number of carbonyl (C=O) groups excluding carboxylic acids is 1. The van der Waals surface area contributed by atoms with E-state index >= 15 is 0 Å². The highest BCUT2D eigenvalue weighted by molar-refractivity contribution is 5.90. The molecular weight excluding hydrogens is 426 g/mol. The second-order valence-electron chi connectivity index (χ2n) is 8.70. The summed E-state index contributed by atoms with van der Waals surface area (Å²) >= 11 is 0. The van der Waals surface area contributed by atoms with E-state index in [1.807, 2.05) is 13.0 Å². The number of aliphatic hydroxyl groups is 2. The predicted octanol–water partition coefficient (Wildman–Crippen LogP) is 1.26. The zero-order valence-corrected chi connectivity index (χ0v) is 18.4. The normalized spacial score (nSPS) is 19.7. The van der Waals surface area contributed by atoms with Crippen molar-refractivity contribution in [3.05, 3.63) is 56.9 Å². The quantitative estimate of drug-likeness (QED) is 0.333. The monoisotopic (exact) mass is 451 g/mol. The number of aromatic hydroxyl groups is 1. The molecule has 0 saturated carbocycles. The summed E-state index contributed by atoms with van der Waals surface area (Å²) in [4.78, 5) is 30.2. The van der Waals surface area contributed by atoms with E-state index < -0.39 is 11.6 Å². The molecule has 4 N–H and O–H groups in total. The Hall–Kier alpha value is -3.27. The molecule has 0 fully saturated rings. The third-order valence-corrected chi connectivity index (χ3v) is 6.66. The molecule has 0 bridgehead atoms. The van der Waals surface area contributed by atoms with Gasteiger partial charge in [-0.25, -0.2) is 9.78 Å². The number of cyclic esters (lactones) is 1. The van der Waals surface area contributed by atoms with Crippen LogP contribution >= 0.6 is 0 Å². The largest absolute Gasteiger partial charge is 0.507 e. The molecule has 0 saturated heterocycles. The highest BCUT2D eigenvalue weighted by Crippen LogP contribution is 2.39. The van der Waals surface area contributed by atoms with Crippen molar-refractivity contribution in [3.8, 4) is 17.1 Å². The van der Waals surface area contributed by atoms with E-state index in [1.165, 1.54) is 0 Å². The summed E-state index contributed by atoms with van der Waals surface area (Å²) < 4.78 is 6.66. The Balaban J connectivity index is 1.63. The van der Waals surface area contributed by atoms with E-state index in [9.17, 15) is 24.9 Å². The number of phenols is 1. The number of hydrogen-bond donors (Lipinski definition) is 4. The Bertz CT molecular complexity index is 1360. The standard InChI is InChI=1S/C24H25N3O6/c1-3-24(32)17-7-19-20-14(9-27(19)22(30)16(17)11-33-23(24)31)6-15-18(26-20)5-4-13(21(15)29)8-25-12(2)10-28/h4-7,12,25,28-29,32H,3,8-11H2,1-2H3/t12?,24-/m0/s1. The Morgan fingerprint density at radius 2 is 2.09 bits per heavy atom. The molecule has 9 nitrogen and oxygen atoms in total. The van der Waals surface area contributed by atoms with Gasteiger partial charge in [0.1, 0.15) is 12.4 Å². The van der Waals surface area contributed by atoms with Gasteiger partial charge in [0.2, 0.25) is 0 Å². The van der Waals surface area contributed by atoms with Crippen LogP contribution in [0.25, 0.3) is 22.3 Å². The zero-order valence-electron chi connectivity index (χ0n) is 18.4. The van der Waals surface area contributed by atoms with Crippen molar-refractivity contribution in [2.75, 3.05) is 6.61 Å². The number of benzene rings is 1. The molecule has 172 valence electrons. The van der Waals surface area contributed by atoms with Crippen molar-refractivity contribution in [1.82, 2.24) is 14.9 Å². The number of pyridine rings is 2. The van der Waals surface area contributed by atoms with Crippen molar-refractivity contribution < 1.29 is 24.9 Å². The summed E-state index contributed by atoms with van der Waals surface area (Å²) in [5, 5.41) is 34.7. The molecule has 0 aliphatic carbocycles. The Morgan fingerprint density at radius 3 is 2.82 bits per heavy atom. The number of phenolic OH excluding ortho intramolecular Hbond substituents is 1. The molecule has 0 radical (unpaired) electrons. The molecule has 33 heavy (non-hydrogen) atoms. The summed E-state index contributed by atoms with van der Waals surface area (Å²) in [6.45, 7) is 3.98. The van der Waals surface area contributed by atoms with Crippen LogP contribution < -0.4 is 10.9 Å². The maximum atomic E-state index is 13.2. The van der Waals surface area contributed by atoms with Crippen molar-refractivity contribution in [2.45, 2.75) is 51.6 Å². The smallest absolute Gasteiger partial charge is 0.343 e. The third-order valence-electron chi connectivity index (χ3n) is 6.66. The minimum Gasteiger partial charge on any atom is -0.507 e. The Labute approximate surface area is 189 Å². The lowest BCUT2D eigenvalue weighted by Gasteiger charge is -2.31. The van der Waals surface area contributed by atoms with Crippen LogP contribution in [0.4, 0.5) is 0 Å². The highest BCUT2D eigenvalue weighted by atomic mass is 16.6. The first-order valence-corrected chi connectivity index (χ1v) is 10.9. The second-order valence-corrected chi connectivity index (χ2v) is 8.70. The van der Waals surface area contributed by atoms with Crippen LogP contribution in [0.5, 0.6) is 5.75 Å². The summed E-state index contributed by atoms with van der Waals surface area (Å²) in [6.07, 6.45) is 0.0827. The number of fused-ring (bicyclic) bond motifs is 5. The van der Waals surface area contributed by atoms with Gasteiger partial charge in [0, 0.05) is 34.7 Å². The first-order valence-electron chi connectivity index (χ1n) is 10.9.